The lowest BCUT2D eigenvalue weighted by molar-refractivity contribution is 0.102. The van der Waals surface area contributed by atoms with E-state index in [4.69, 9.17) is 9.15 Å². The molecule has 0 saturated heterocycles. The standard InChI is InChI=1S/C23H19N3O3/c1-15-11-12-20(16(2)13-15)22-25-26-23(29-22)24-21(27)17-7-6-10-19(14-17)28-18-8-4-3-5-9-18/h3-14H,1-2H3,(H,24,26,27). The fraction of sp³-hybridized carbons (Fsp3) is 0.0870. The largest absolute Gasteiger partial charge is 0.457 e. The van der Waals surface area contributed by atoms with Gasteiger partial charge in [-0.2, -0.15) is 0 Å². The molecule has 0 aliphatic carbocycles. The van der Waals surface area contributed by atoms with Gasteiger partial charge in [-0.1, -0.05) is 47.1 Å². The van der Waals surface area contributed by atoms with Crippen molar-refractivity contribution in [2.24, 2.45) is 0 Å². The maximum absolute atomic E-state index is 12.6. The van der Waals surface area contributed by atoms with Crippen molar-refractivity contribution in [1.29, 1.82) is 0 Å². The summed E-state index contributed by atoms with van der Waals surface area (Å²) in [6, 6.07) is 22.2. The monoisotopic (exact) mass is 385 g/mol. The Hall–Kier alpha value is -3.93. The van der Waals surface area contributed by atoms with Crippen LogP contribution in [0.1, 0.15) is 21.5 Å². The Balaban J connectivity index is 1.49. The molecule has 0 unspecified atom stereocenters. The minimum Gasteiger partial charge on any atom is -0.457 e. The average Bonchev–Trinajstić information content (AvgIpc) is 3.17. The van der Waals surface area contributed by atoms with Gasteiger partial charge >= 0.3 is 6.01 Å². The molecule has 4 aromatic rings. The van der Waals surface area contributed by atoms with Crippen molar-refractivity contribution in [3.05, 3.63) is 89.5 Å². The number of anilines is 1. The predicted octanol–water partition coefficient (Wildman–Crippen LogP) is 5.40. The minimum atomic E-state index is -0.362. The minimum absolute atomic E-state index is 0.0411. The summed E-state index contributed by atoms with van der Waals surface area (Å²) in [6.45, 7) is 3.99. The molecule has 0 saturated carbocycles. The maximum Gasteiger partial charge on any atom is 0.322 e. The third-order valence-corrected chi connectivity index (χ3v) is 4.33. The van der Waals surface area contributed by atoms with Crippen molar-refractivity contribution < 1.29 is 13.9 Å². The van der Waals surface area contributed by atoms with Crippen molar-refractivity contribution in [1.82, 2.24) is 10.2 Å². The van der Waals surface area contributed by atoms with E-state index in [9.17, 15) is 4.79 Å². The fourth-order valence-corrected chi connectivity index (χ4v) is 2.93. The van der Waals surface area contributed by atoms with Crippen molar-refractivity contribution in [3.8, 4) is 23.0 Å². The Morgan fingerprint density at radius 3 is 2.48 bits per heavy atom. The Morgan fingerprint density at radius 2 is 1.69 bits per heavy atom. The van der Waals surface area contributed by atoms with Gasteiger partial charge in [0, 0.05) is 11.1 Å². The van der Waals surface area contributed by atoms with Crippen molar-refractivity contribution in [2.75, 3.05) is 5.32 Å². The first-order valence-corrected chi connectivity index (χ1v) is 9.14. The van der Waals surface area contributed by atoms with Crippen LogP contribution in [0, 0.1) is 13.8 Å². The third kappa shape index (κ3) is 4.32. The zero-order valence-corrected chi connectivity index (χ0v) is 16.0. The van der Waals surface area contributed by atoms with Crippen LogP contribution < -0.4 is 10.1 Å². The van der Waals surface area contributed by atoms with E-state index in [1.165, 1.54) is 0 Å². The highest BCUT2D eigenvalue weighted by molar-refractivity contribution is 6.03. The van der Waals surface area contributed by atoms with E-state index in [1.54, 1.807) is 24.3 Å². The van der Waals surface area contributed by atoms with Gasteiger partial charge in [0.15, 0.2) is 0 Å². The van der Waals surface area contributed by atoms with Crippen molar-refractivity contribution >= 4 is 11.9 Å². The van der Waals surface area contributed by atoms with Crippen LogP contribution in [0.25, 0.3) is 11.5 Å². The molecule has 1 N–H and O–H groups in total. The van der Waals surface area contributed by atoms with E-state index in [0.29, 0.717) is 23.0 Å². The Labute approximate surface area is 168 Å². The van der Waals surface area contributed by atoms with Crippen LogP contribution in [0.15, 0.2) is 77.2 Å². The number of aryl methyl sites for hydroxylation is 2. The van der Waals surface area contributed by atoms with Crippen LogP contribution in [-0.2, 0) is 0 Å². The first-order chi connectivity index (χ1) is 14.1. The van der Waals surface area contributed by atoms with Crippen LogP contribution in [0.3, 0.4) is 0 Å². The molecule has 1 aromatic heterocycles. The molecule has 1 heterocycles. The summed E-state index contributed by atoms with van der Waals surface area (Å²) in [6.07, 6.45) is 0. The van der Waals surface area contributed by atoms with Gasteiger partial charge in [-0.25, -0.2) is 0 Å². The molecule has 1 amide bonds. The summed E-state index contributed by atoms with van der Waals surface area (Å²) in [4.78, 5) is 12.6. The molecule has 0 spiro atoms. The summed E-state index contributed by atoms with van der Waals surface area (Å²) in [5, 5.41) is 10.6. The normalized spacial score (nSPS) is 10.6. The number of carbonyl (C=O) groups excluding carboxylic acids is 1. The number of hydrogen-bond acceptors (Lipinski definition) is 5. The second kappa shape index (κ2) is 7.98. The van der Waals surface area contributed by atoms with Gasteiger partial charge in [-0.15, -0.1) is 5.10 Å². The smallest absolute Gasteiger partial charge is 0.322 e. The molecule has 6 nitrogen and oxygen atoms in total. The number of hydrogen-bond donors (Lipinski definition) is 1. The van der Waals surface area contributed by atoms with E-state index >= 15 is 0 Å². The van der Waals surface area contributed by atoms with Crippen molar-refractivity contribution in [2.45, 2.75) is 13.8 Å². The van der Waals surface area contributed by atoms with E-state index in [-0.39, 0.29) is 11.9 Å². The first kappa shape index (κ1) is 18.4. The number of amides is 1. The van der Waals surface area contributed by atoms with Crippen LogP contribution in [0.5, 0.6) is 11.5 Å². The molecule has 144 valence electrons. The highest BCUT2D eigenvalue weighted by Crippen LogP contribution is 2.25. The van der Waals surface area contributed by atoms with Gasteiger partial charge in [-0.3, -0.25) is 10.1 Å². The molecule has 29 heavy (non-hydrogen) atoms. The Kier molecular flexibility index (Phi) is 5.07. The lowest BCUT2D eigenvalue weighted by Gasteiger charge is -2.07. The molecule has 3 aromatic carbocycles. The number of para-hydroxylation sites is 1. The van der Waals surface area contributed by atoms with Crippen LogP contribution in [-0.4, -0.2) is 16.1 Å². The highest BCUT2D eigenvalue weighted by Gasteiger charge is 2.14. The van der Waals surface area contributed by atoms with Crippen molar-refractivity contribution in [3.63, 3.8) is 0 Å². The molecule has 0 aliphatic heterocycles. The number of nitrogens with one attached hydrogen (secondary N) is 1. The van der Waals surface area contributed by atoms with Gasteiger partial charge in [-0.05, 0) is 55.8 Å². The summed E-state index contributed by atoms with van der Waals surface area (Å²) >= 11 is 0. The van der Waals surface area contributed by atoms with Crippen LogP contribution in [0.2, 0.25) is 0 Å². The fourth-order valence-electron chi connectivity index (χ4n) is 2.93. The molecular formula is C23H19N3O3. The molecule has 6 heteroatoms. The van der Waals surface area contributed by atoms with E-state index in [0.717, 1.165) is 16.7 Å². The number of benzene rings is 3. The highest BCUT2D eigenvalue weighted by atomic mass is 16.5. The van der Waals surface area contributed by atoms with Crippen LogP contribution >= 0.6 is 0 Å². The van der Waals surface area contributed by atoms with E-state index in [1.807, 2.05) is 62.4 Å². The molecule has 0 aliphatic rings. The average molecular weight is 385 g/mol. The summed E-state index contributed by atoms with van der Waals surface area (Å²) in [5.74, 6) is 1.25. The molecule has 0 radical (unpaired) electrons. The van der Waals surface area contributed by atoms with Gasteiger partial charge in [0.25, 0.3) is 5.91 Å². The number of aromatic nitrogens is 2. The van der Waals surface area contributed by atoms with Gasteiger partial charge < -0.3 is 9.15 Å². The lowest BCUT2D eigenvalue weighted by atomic mass is 10.1. The van der Waals surface area contributed by atoms with Gasteiger partial charge in [0.05, 0.1) is 0 Å². The van der Waals surface area contributed by atoms with Gasteiger partial charge in [0.2, 0.25) is 5.89 Å². The SMILES string of the molecule is Cc1ccc(-c2nnc(NC(=O)c3cccc(Oc4ccccc4)c3)o2)c(C)c1. The van der Waals surface area contributed by atoms with E-state index in [2.05, 4.69) is 15.5 Å². The zero-order chi connectivity index (χ0) is 20.2. The number of carbonyl (C=O) groups is 1. The zero-order valence-electron chi connectivity index (χ0n) is 16.0. The molecular weight excluding hydrogens is 366 g/mol. The Bertz CT molecular complexity index is 1150. The molecule has 0 atom stereocenters. The number of ether oxygens (including phenoxy) is 1. The summed E-state index contributed by atoms with van der Waals surface area (Å²) in [5.41, 5.74) is 3.43. The molecule has 4 rings (SSSR count). The first-order valence-electron chi connectivity index (χ1n) is 9.14. The predicted molar refractivity (Wildman–Crippen MR) is 110 cm³/mol. The molecule has 0 fully saturated rings. The summed E-state index contributed by atoms with van der Waals surface area (Å²) < 4.78 is 11.4. The third-order valence-electron chi connectivity index (χ3n) is 4.33. The topological polar surface area (TPSA) is 77.2 Å². The second-order valence-corrected chi connectivity index (χ2v) is 6.63. The molecule has 0 bridgehead atoms. The van der Waals surface area contributed by atoms with Gasteiger partial charge in [0.1, 0.15) is 11.5 Å². The summed E-state index contributed by atoms with van der Waals surface area (Å²) in [7, 11) is 0. The maximum atomic E-state index is 12.6. The quantitative estimate of drug-likeness (QED) is 0.498. The number of rotatable bonds is 5. The van der Waals surface area contributed by atoms with E-state index < -0.39 is 0 Å². The second-order valence-electron chi connectivity index (χ2n) is 6.63. The Morgan fingerprint density at radius 1 is 0.897 bits per heavy atom. The van der Waals surface area contributed by atoms with Crippen LogP contribution in [0.4, 0.5) is 6.01 Å². The lowest BCUT2D eigenvalue weighted by Crippen LogP contribution is -2.12. The number of nitrogens with zero attached hydrogens (tertiary/aromatic N) is 2.